The smallest absolute Gasteiger partial charge is 0.229 e. The van der Waals surface area contributed by atoms with Crippen molar-refractivity contribution in [2.75, 3.05) is 60.3 Å². The predicted molar refractivity (Wildman–Crippen MR) is 129 cm³/mol. The van der Waals surface area contributed by atoms with Crippen LogP contribution in [0.3, 0.4) is 0 Å². The van der Waals surface area contributed by atoms with Crippen LogP contribution in [0, 0.1) is 0 Å². The zero-order valence-electron chi connectivity index (χ0n) is 18.4. The van der Waals surface area contributed by atoms with Gasteiger partial charge in [0, 0.05) is 42.9 Å². The first kappa shape index (κ1) is 21.0. The number of ketones is 1. The fourth-order valence-electron chi connectivity index (χ4n) is 3.86. The second-order valence-corrected chi connectivity index (χ2v) is 7.89. The topological polar surface area (TPSA) is 101 Å². The molecule has 0 atom stereocenters. The minimum atomic E-state index is -0.113. The highest BCUT2D eigenvalue weighted by atomic mass is 16.5. The molecule has 9 heteroatoms. The molecule has 9 nitrogen and oxygen atoms in total. The molecule has 0 bridgehead atoms. The molecular weight excluding hydrogens is 420 g/mol. The SMILES string of the molecule is CC(=O)c1cnc(Nc2ccc(N3CCOCC3)cc2)nc1Nc1ccc2c(c1)NCCO2. The minimum absolute atomic E-state index is 0.113. The number of hydrogen-bond acceptors (Lipinski definition) is 9. The molecule has 1 saturated heterocycles. The van der Waals surface area contributed by atoms with Crippen LogP contribution in [0.2, 0.25) is 0 Å². The number of anilines is 6. The molecule has 3 heterocycles. The number of fused-ring (bicyclic) bond motifs is 1. The first-order chi connectivity index (χ1) is 16.2. The normalized spacial score (nSPS) is 15.1. The number of morpholine rings is 1. The lowest BCUT2D eigenvalue weighted by Crippen LogP contribution is -2.36. The Morgan fingerprint density at radius 2 is 1.82 bits per heavy atom. The first-order valence-electron chi connectivity index (χ1n) is 11.0. The second kappa shape index (κ2) is 9.33. The van der Waals surface area contributed by atoms with Gasteiger partial charge in [0.2, 0.25) is 5.95 Å². The number of rotatable bonds is 6. The highest BCUT2D eigenvalue weighted by Crippen LogP contribution is 2.32. The van der Waals surface area contributed by atoms with Crippen LogP contribution < -0.4 is 25.6 Å². The molecule has 2 aliphatic rings. The summed E-state index contributed by atoms with van der Waals surface area (Å²) in [7, 11) is 0. The van der Waals surface area contributed by atoms with Crippen LogP contribution in [-0.2, 0) is 4.74 Å². The van der Waals surface area contributed by atoms with Crippen LogP contribution in [0.25, 0.3) is 0 Å². The van der Waals surface area contributed by atoms with E-state index in [1.807, 2.05) is 30.3 Å². The molecule has 0 aliphatic carbocycles. The number of ether oxygens (including phenoxy) is 2. The van der Waals surface area contributed by atoms with E-state index < -0.39 is 0 Å². The van der Waals surface area contributed by atoms with Crippen LogP contribution in [0.15, 0.2) is 48.7 Å². The molecule has 1 aromatic heterocycles. The Balaban J connectivity index is 1.35. The lowest BCUT2D eigenvalue weighted by molar-refractivity contribution is 0.101. The largest absolute Gasteiger partial charge is 0.490 e. The molecule has 170 valence electrons. The number of carbonyl (C=O) groups excluding carboxylic acids is 1. The first-order valence-corrected chi connectivity index (χ1v) is 11.0. The van der Waals surface area contributed by atoms with Gasteiger partial charge in [0.25, 0.3) is 0 Å². The Kier molecular flexibility index (Phi) is 5.95. The highest BCUT2D eigenvalue weighted by molar-refractivity contribution is 5.99. The Labute approximate surface area is 192 Å². The van der Waals surface area contributed by atoms with Crippen molar-refractivity contribution < 1.29 is 14.3 Å². The average molecular weight is 447 g/mol. The maximum absolute atomic E-state index is 12.2. The van der Waals surface area contributed by atoms with Gasteiger partial charge in [-0.3, -0.25) is 4.79 Å². The summed E-state index contributed by atoms with van der Waals surface area (Å²) in [6.45, 7) is 6.18. The van der Waals surface area contributed by atoms with Gasteiger partial charge < -0.3 is 30.3 Å². The van der Waals surface area contributed by atoms with E-state index in [0.29, 0.717) is 23.9 Å². The zero-order chi connectivity index (χ0) is 22.6. The van der Waals surface area contributed by atoms with Gasteiger partial charge in [0.05, 0.1) is 24.5 Å². The molecule has 2 aromatic carbocycles. The highest BCUT2D eigenvalue weighted by Gasteiger charge is 2.15. The van der Waals surface area contributed by atoms with Gasteiger partial charge in [-0.1, -0.05) is 0 Å². The van der Waals surface area contributed by atoms with Gasteiger partial charge in [0.1, 0.15) is 18.2 Å². The monoisotopic (exact) mass is 446 g/mol. The maximum Gasteiger partial charge on any atom is 0.229 e. The number of nitrogens with one attached hydrogen (secondary N) is 3. The number of carbonyl (C=O) groups is 1. The summed E-state index contributed by atoms with van der Waals surface area (Å²) in [5.41, 5.74) is 4.15. The van der Waals surface area contributed by atoms with E-state index in [-0.39, 0.29) is 5.78 Å². The third-order valence-corrected chi connectivity index (χ3v) is 5.59. The number of nitrogens with zero attached hydrogens (tertiary/aromatic N) is 3. The van der Waals surface area contributed by atoms with Crippen LogP contribution >= 0.6 is 0 Å². The molecule has 5 rings (SSSR count). The lowest BCUT2D eigenvalue weighted by Gasteiger charge is -2.28. The molecule has 0 spiro atoms. The van der Waals surface area contributed by atoms with Crippen molar-refractivity contribution in [1.29, 1.82) is 0 Å². The van der Waals surface area contributed by atoms with Crippen molar-refractivity contribution in [3.63, 3.8) is 0 Å². The third kappa shape index (κ3) is 4.83. The fraction of sp³-hybridized carbons (Fsp3) is 0.292. The molecule has 0 amide bonds. The quantitative estimate of drug-likeness (QED) is 0.488. The lowest BCUT2D eigenvalue weighted by atomic mass is 10.2. The summed E-state index contributed by atoms with van der Waals surface area (Å²) in [5.74, 6) is 1.55. The van der Waals surface area contributed by atoms with Gasteiger partial charge in [-0.25, -0.2) is 4.98 Å². The van der Waals surface area contributed by atoms with E-state index in [4.69, 9.17) is 9.47 Å². The summed E-state index contributed by atoms with van der Waals surface area (Å²) in [6, 6.07) is 13.9. The van der Waals surface area contributed by atoms with Gasteiger partial charge in [-0.05, 0) is 49.4 Å². The summed E-state index contributed by atoms with van der Waals surface area (Å²) in [5, 5.41) is 9.79. The van der Waals surface area contributed by atoms with Crippen molar-refractivity contribution >= 4 is 40.3 Å². The standard InChI is InChI=1S/C24H26N6O3/c1-16(31)20-15-26-24(28-17-2-5-19(6-3-17)30-9-12-32-13-10-30)29-23(20)27-18-4-7-22-21(14-18)25-8-11-33-22/h2-7,14-15,25H,8-13H2,1H3,(H2,26,27,28,29). The van der Waals surface area contributed by atoms with E-state index in [2.05, 4.69) is 43.0 Å². The van der Waals surface area contributed by atoms with Crippen LogP contribution in [0.5, 0.6) is 5.75 Å². The minimum Gasteiger partial charge on any atom is -0.490 e. The van der Waals surface area contributed by atoms with Gasteiger partial charge >= 0.3 is 0 Å². The van der Waals surface area contributed by atoms with Gasteiger partial charge in [-0.2, -0.15) is 4.98 Å². The molecule has 33 heavy (non-hydrogen) atoms. The van der Waals surface area contributed by atoms with E-state index in [0.717, 1.165) is 61.3 Å². The number of Topliss-reactive ketones (excluding diaryl/α,β-unsaturated/α-hetero) is 1. The summed E-state index contributed by atoms with van der Waals surface area (Å²) >= 11 is 0. The van der Waals surface area contributed by atoms with Crippen molar-refractivity contribution in [2.45, 2.75) is 6.92 Å². The van der Waals surface area contributed by atoms with E-state index in [9.17, 15) is 4.79 Å². The Bertz CT molecular complexity index is 1150. The maximum atomic E-state index is 12.2. The van der Waals surface area contributed by atoms with E-state index >= 15 is 0 Å². The summed E-state index contributed by atoms with van der Waals surface area (Å²) in [4.78, 5) is 23.4. The summed E-state index contributed by atoms with van der Waals surface area (Å²) in [6.07, 6.45) is 1.54. The number of hydrogen-bond donors (Lipinski definition) is 3. The Hall–Kier alpha value is -3.85. The molecule has 0 unspecified atom stereocenters. The summed E-state index contributed by atoms with van der Waals surface area (Å²) < 4.78 is 11.1. The molecule has 3 aromatic rings. The van der Waals surface area contributed by atoms with Crippen LogP contribution in [-0.4, -0.2) is 55.2 Å². The van der Waals surface area contributed by atoms with Gasteiger partial charge in [-0.15, -0.1) is 0 Å². The Morgan fingerprint density at radius 1 is 1.03 bits per heavy atom. The predicted octanol–water partition coefficient (Wildman–Crippen LogP) is 3.81. The van der Waals surface area contributed by atoms with Gasteiger partial charge in [0.15, 0.2) is 5.78 Å². The third-order valence-electron chi connectivity index (χ3n) is 5.59. The second-order valence-electron chi connectivity index (χ2n) is 7.89. The molecule has 1 fully saturated rings. The van der Waals surface area contributed by atoms with E-state index in [1.54, 1.807) is 6.20 Å². The molecule has 0 radical (unpaired) electrons. The molecule has 0 saturated carbocycles. The van der Waals surface area contributed by atoms with Crippen LogP contribution in [0.4, 0.5) is 34.5 Å². The number of benzene rings is 2. The van der Waals surface area contributed by atoms with E-state index in [1.165, 1.54) is 6.92 Å². The van der Waals surface area contributed by atoms with Crippen molar-refractivity contribution in [3.8, 4) is 5.75 Å². The average Bonchev–Trinajstić information content (AvgIpc) is 2.85. The fourth-order valence-corrected chi connectivity index (χ4v) is 3.86. The molecule has 2 aliphatic heterocycles. The van der Waals surface area contributed by atoms with Crippen molar-refractivity contribution in [2.24, 2.45) is 0 Å². The zero-order valence-corrected chi connectivity index (χ0v) is 18.4. The Morgan fingerprint density at radius 3 is 2.61 bits per heavy atom. The number of aromatic nitrogens is 2. The van der Waals surface area contributed by atoms with Crippen molar-refractivity contribution in [3.05, 3.63) is 54.2 Å². The molecular formula is C24H26N6O3. The van der Waals surface area contributed by atoms with Crippen molar-refractivity contribution in [1.82, 2.24) is 9.97 Å². The molecule has 3 N–H and O–H groups in total. The van der Waals surface area contributed by atoms with Crippen LogP contribution in [0.1, 0.15) is 17.3 Å².